The molecule has 0 radical (unpaired) electrons. The van der Waals surface area contributed by atoms with E-state index in [-0.39, 0.29) is 23.8 Å². The number of nitrogens with zero attached hydrogens (tertiary/aromatic N) is 6. The van der Waals surface area contributed by atoms with E-state index in [1.807, 2.05) is 6.07 Å². The molecule has 11 heteroatoms. The van der Waals surface area contributed by atoms with Crippen molar-refractivity contribution in [3.8, 4) is 11.7 Å². The molecule has 2 aliphatic carbocycles. The van der Waals surface area contributed by atoms with E-state index >= 15 is 0 Å². The molecule has 2 atom stereocenters. The first-order chi connectivity index (χ1) is 20.5. The van der Waals surface area contributed by atoms with Crippen LogP contribution in [-0.2, 0) is 11.3 Å². The lowest BCUT2D eigenvalue weighted by Crippen LogP contribution is -2.41. The molecule has 2 saturated carbocycles. The molecule has 1 aliphatic heterocycles. The predicted octanol–water partition coefficient (Wildman–Crippen LogP) is 5.17. The van der Waals surface area contributed by atoms with Crippen molar-refractivity contribution in [2.75, 3.05) is 30.0 Å². The van der Waals surface area contributed by atoms with Crippen LogP contribution in [0, 0.1) is 17.8 Å². The summed E-state index contributed by atoms with van der Waals surface area (Å²) in [6, 6.07) is 10.8. The second-order valence-electron chi connectivity index (χ2n) is 12.5. The Morgan fingerprint density at radius 2 is 1.88 bits per heavy atom. The lowest BCUT2D eigenvalue weighted by Gasteiger charge is -2.37. The smallest absolute Gasteiger partial charge is 0.384 e. The van der Waals surface area contributed by atoms with Crippen molar-refractivity contribution in [1.82, 2.24) is 29.7 Å². The Bertz CT molecular complexity index is 1570. The lowest BCUT2D eigenvalue weighted by molar-refractivity contribution is 0.0927. The maximum absolute atomic E-state index is 11.8. The van der Waals surface area contributed by atoms with Crippen LogP contribution in [0.1, 0.15) is 70.4 Å². The van der Waals surface area contributed by atoms with Gasteiger partial charge in [0.2, 0.25) is 11.8 Å². The summed E-state index contributed by atoms with van der Waals surface area (Å²) < 4.78 is 13.6. The van der Waals surface area contributed by atoms with Crippen LogP contribution < -0.4 is 16.0 Å². The van der Waals surface area contributed by atoms with Crippen LogP contribution in [0.3, 0.4) is 0 Å². The molecule has 1 aromatic carbocycles. The molecule has 3 aliphatic rings. The Morgan fingerprint density at radius 1 is 1.07 bits per heavy atom. The molecule has 4 aromatic rings. The number of rotatable bonds is 8. The topological polar surface area (TPSA) is 127 Å². The van der Waals surface area contributed by atoms with E-state index in [4.69, 9.17) is 24.1 Å². The first kappa shape index (κ1) is 27.1. The van der Waals surface area contributed by atoms with Crippen LogP contribution in [-0.4, -0.2) is 55.5 Å². The summed E-state index contributed by atoms with van der Waals surface area (Å²) in [6.07, 6.45) is 8.58. The van der Waals surface area contributed by atoms with Gasteiger partial charge in [-0.3, -0.25) is 0 Å². The van der Waals surface area contributed by atoms with Crippen LogP contribution in [0.25, 0.3) is 22.9 Å². The van der Waals surface area contributed by atoms with Crippen molar-refractivity contribution >= 4 is 22.9 Å². The molecule has 4 heterocycles. The highest BCUT2D eigenvalue weighted by atomic mass is 16.5. The number of H-pyrrole nitrogens is 1. The van der Waals surface area contributed by atoms with Gasteiger partial charge in [0.05, 0.1) is 19.3 Å². The molecule has 2 N–H and O–H groups in total. The van der Waals surface area contributed by atoms with Crippen molar-refractivity contribution in [2.45, 2.75) is 77.4 Å². The van der Waals surface area contributed by atoms with E-state index in [0.717, 1.165) is 30.5 Å². The third kappa shape index (κ3) is 5.30. The van der Waals surface area contributed by atoms with Crippen LogP contribution in [0.15, 0.2) is 39.5 Å². The Balaban J connectivity index is 1.38. The number of ether oxygens (including phenoxy) is 1. The maximum Gasteiger partial charge on any atom is 0.434 e. The summed E-state index contributed by atoms with van der Waals surface area (Å²) in [7, 11) is 0. The number of aromatic amines is 1. The van der Waals surface area contributed by atoms with Gasteiger partial charge in [0, 0.05) is 19.1 Å². The number of aromatic nitrogens is 6. The van der Waals surface area contributed by atoms with Crippen LogP contribution in [0.4, 0.5) is 11.8 Å². The summed E-state index contributed by atoms with van der Waals surface area (Å²) in [5, 5.41) is 10.1. The number of fused-ring (bicyclic) bond motifs is 1. The standard InChI is InChI=1S/C31H40N8O3/c1-19-11-13-21(14-12-19)17-39-25-26(32-20(2)22-9-6-10-22)33-28(29-36-37-31(40)42-29)34-27(25)35-30(39)38-15-16-41-18-24(38)23-7-4-3-5-8-23/h3-5,7-8,19-22,24H,6,9-18H2,1-2H3,(H,37,40)(H,32,33,34)/t19-,20-,21-,24+/m1/s1. The molecule has 3 aromatic heterocycles. The van der Waals surface area contributed by atoms with Gasteiger partial charge in [-0.05, 0) is 55.9 Å². The fraction of sp³-hybridized carbons (Fsp3) is 0.581. The molecule has 11 nitrogen and oxygen atoms in total. The van der Waals surface area contributed by atoms with E-state index in [1.165, 1.54) is 50.5 Å². The summed E-state index contributed by atoms with van der Waals surface area (Å²) in [5.74, 6) is 3.19. The summed E-state index contributed by atoms with van der Waals surface area (Å²) >= 11 is 0. The third-order valence-corrected chi connectivity index (χ3v) is 9.58. The molecule has 0 amide bonds. The summed E-state index contributed by atoms with van der Waals surface area (Å²) in [5.41, 5.74) is 2.67. The van der Waals surface area contributed by atoms with E-state index in [9.17, 15) is 4.79 Å². The fourth-order valence-corrected chi connectivity index (χ4v) is 6.78. The van der Waals surface area contributed by atoms with E-state index in [2.05, 4.69) is 63.1 Å². The fourth-order valence-electron chi connectivity index (χ4n) is 6.78. The van der Waals surface area contributed by atoms with Gasteiger partial charge in [-0.1, -0.05) is 56.5 Å². The second-order valence-corrected chi connectivity index (χ2v) is 12.5. The number of nitrogens with one attached hydrogen (secondary N) is 2. The lowest BCUT2D eigenvalue weighted by atomic mass is 9.80. The SMILES string of the molecule is C[C@@H](Nc1nc(-c2n[nH]c(=O)o2)nc2nc(N3CCOC[C@H]3c3ccccc3)n(C[C@H]3CC[C@H](C)CC3)c12)C1CCC1. The van der Waals surface area contributed by atoms with Crippen LogP contribution >= 0.6 is 0 Å². The molecule has 7 rings (SSSR count). The predicted molar refractivity (Wildman–Crippen MR) is 160 cm³/mol. The zero-order valence-corrected chi connectivity index (χ0v) is 24.5. The van der Waals surface area contributed by atoms with Gasteiger partial charge in [0.1, 0.15) is 5.52 Å². The Kier molecular flexibility index (Phi) is 7.43. The molecule has 1 saturated heterocycles. The quantitative estimate of drug-likeness (QED) is 0.294. The minimum absolute atomic E-state index is 0.0315. The number of anilines is 2. The minimum Gasteiger partial charge on any atom is -0.384 e. The van der Waals surface area contributed by atoms with E-state index < -0.39 is 5.76 Å². The summed E-state index contributed by atoms with van der Waals surface area (Å²) in [4.78, 5) is 29.2. The first-order valence-electron chi connectivity index (χ1n) is 15.5. The number of imidazole rings is 1. The first-order valence-corrected chi connectivity index (χ1v) is 15.5. The average molecular weight is 573 g/mol. The molecular weight excluding hydrogens is 532 g/mol. The van der Waals surface area contributed by atoms with E-state index in [1.54, 1.807) is 0 Å². The highest BCUT2D eigenvalue weighted by molar-refractivity contribution is 5.87. The van der Waals surface area contributed by atoms with Crippen molar-refractivity contribution in [2.24, 2.45) is 17.8 Å². The van der Waals surface area contributed by atoms with Crippen LogP contribution in [0.2, 0.25) is 0 Å². The maximum atomic E-state index is 11.8. The Labute approximate surface area is 245 Å². The normalized spacial score (nSPS) is 24.0. The van der Waals surface area contributed by atoms with Gasteiger partial charge < -0.3 is 23.9 Å². The zero-order chi connectivity index (χ0) is 28.6. The molecule has 0 spiro atoms. The Hall–Kier alpha value is -3.73. The van der Waals surface area contributed by atoms with Gasteiger partial charge in [-0.25, -0.2) is 19.9 Å². The van der Waals surface area contributed by atoms with Gasteiger partial charge in [-0.2, -0.15) is 4.98 Å². The van der Waals surface area contributed by atoms with E-state index in [0.29, 0.717) is 36.5 Å². The molecule has 0 bridgehead atoms. The third-order valence-electron chi connectivity index (χ3n) is 9.58. The molecule has 42 heavy (non-hydrogen) atoms. The van der Waals surface area contributed by atoms with Crippen molar-refractivity contribution < 1.29 is 9.15 Å². The molecule has 0 unspecified atom stereocenters. The number of morpholine rings is 1. The second kappa shape index (κ2) is 11.5. The number of hydrogen-bond donors (Lipinski definition) is 2. The molecule has 3 fully saturated rings. The average Bonchev–Trinajstić information content (AvgIpc) is 3.57. The van der Waals surface area contributed by atoms with Crippen molar-refractivity contribution in [3.05, 3.63) is 46.4 Å². The van der Waals surface area contributed by atoms with Gasteiger partial charge in [0.15, 0.2) is 11.5 Å². The highest BCUT2D eigenvalue weighted by Crippen LogP contribution is 2.38. The van der Waals surface area contributed by atoms with Gasteiger partial charge in [-0.15, -0.1) is 5.10 Å². The summed E-state index contributed by atoms with van der Waals surface area (Å²) in [6.45, 7) is 7.38. The zero-order valence-electron chi connectivity index (χ0n) is 24.5. The Morgan fingerprint density at radius 3 is 2.60 bits per heavy atom. The molecule has 222 valence electrons. The molecular formula is C31H40N8O3. The number of hydrogen-bond acceptors (Lipinski definition) is 9. The van der Waals surface area contributed by atoms with Gasteiger partial charge >= 0.3 is 5.76 Å². The van der Waals surface area contributed by atoms with Crippen LogP contribution in [0.5, 0.6) is 0 Å². The highest BCUT2D eigenvalue weighted by Gasteiger charge is 2.33. The largest absolute Gasteiger partial charge is 0.434 e. The minimum atomic E-state index is -0.636. The number of benzene rings is 1. The van der Waals surface area contributed by atoms with Gasteiger partial charge in [0.25, 0.3) is 5.89 Å². The van der Waals surface area contributed by atoms with Crippen molar-refractivity contribution in [3.63, 3.8) is 0 Å². The monoisotopic (exact) mass is 572 g/mol. The van der Waals surface area contributed by atoms with Crippen molar-refractivity contribution in [1.29, 1.82) is 0 Å².